The van der Waals surface area contributed by atoms with Gasteiger partial charge in [-0.25, -0.2) is 4.79 Å². The molecule has 0 aliphatic rings. The van der Waals surface area contributed by atoms with Crippen LogP contribution in [0.5, 0.6) is 5.75 Å². The van der Waals surface area contributed by atoms with E-state index >= 15 is 0 Å². The molecule has 0 fully saturated rings. The molecule has 1 atom stereocenters. The Morgan fingerprint density at radius 3 is 2.55 bits per heavy atom. The van der Waals surface area contributed by atoms with Crippen molar-refractivity contribution in [2.45, 2.75) is 26.8 Å². The molecule has 0 aromatic heterocycles. The van der Waals surface area contributed by atoms with E-state index < -0.39 is 0 Å². The topological polar surface area (TPSA) is 50.4 Å². The molecule has 116 valence electrons. The molecule has 0 aliphatic carbocycles. The molecule has 0 aliphatic heterocycles. The molecule has 0 spiro atoms. The van der Waals surface area contributed by atoms with E-state index in [4.69, 9.17) is 4.74 Å². The van der Waals surface area contributed by atoms with E-state index in [2.05, 4.69) is 36.6 Å². The predicted octanol–water partition coefficient (Wildman–Crippen LogP) is 4.19. The molecular formula is C18H22N2O2. The highest BCUT2D eigenvalue weighted by Gasteiger charge is 2.10. The summed E-state index contributed by atoms with van der Waals surface area (Å²) >= 11 is 0. The lowest BCUT2D eigenvalue weighted by atomic mass is 10.0. The fourth-order valence-corrected chi connectivity index (χ4v) is 2.18. The SMILES string of the molecule is COc1cccc(NC(=O)N[C@@H](C)c2ccc(C)c(C)c2)c1. The largest absolute Gasteiger partial charge is 0.497 e. The van der Waals surface area contributed by atoms with Gasteiger partial charge in [0.05, 0.1) is 13.2 Å². The minimum atomic E-state index is -0.237. The van der Waals surface area contributed by atoms with Gasteiger partial charge in [-0.1, -0.05) is 24.3 Å². The first-order valence-corrected chi connectivity index (χ1v) is 7.28. The number of hydrogen-bond donors (Lipinski definition) is 2. The second kappa shape index (κ2) is 6.98. The third kappa shape index (κ3) is 4.01. The zero-order valence-corrected chi connectivity index (χ0v) is 13.4. The molecule has 0 saturated heterocycles. The quantitative estimate of drug-likeness (QED) is 0.889. The van der Waals surface area contributed by atoms with Crippen molar-refractivity contribution in [1.29, 1.82) is 0 Å². The number of carbonyl (C=O) groups excluding carboxylic acids is 1. The van der Waals surface area contributed by atoms with Crippen LogP contribution in [0.15, 0.2) is 42.5 Å². The maximum Gasteiger partial charge on any atom is 0.319 e. The molecule has 22 heavy (non-hydrogen) atoms. The molecular weight excluding hydrogens is 276 g/mol. The summed E-state index contributed by atoms with van der Waals surface area (Å²) < 4.78 is 5.14. The van der Waals surface area contributed by atoms with E-state index in [1.165, 1.54) is 11.1 Å². The third-order valence-electron chi connectivity index (χ3n) is 3.71. The number of benzene rings is 2. The Bertz CT molecular complexity index is 668. The molecule has 0 heterocycles. The minimum absolute atomic E-state index is 0.0649. The van der Waals surface area contributed by atoms with Crippen molar-refractivity contribution in [3.63, 3.8) is 0 Å². The van der Waals surface area contributed by atoms with Crippen LogP contribution in [0, 0.1) is 13.8 Å². The zero-order chi connectivity index (χ0) is 16.1. The van der Waals surface area contributed by atoms with Crippen molar-refractivity contribution in [1.82, 2.24) is 5.32 Å². The Morgan fingerprint density at radius 1 is 1.09 bits per heavy atom. The summed E-state index contributed by atoms with van der Waals surface area (Å²) in [5.74, 6) is 0.708. The van der Waals surface area contributed by atoms with Crippen molar-refractivity contribution >= 4 is 11.7 Å². The Balaban J connectivity index is 2.00. The second-order valence-corrected chi connectivity index (χ2v) is 5.40. The normalized spacial score (nSPS) is 11.6. The number of amides is 2. The van der Waals surface area contributed by atoms with Gasteiger partial charge in [-0.3, -0.25) is 0 Å². The van der Waals surface area contributed by atoms with Gasteiger partial charge in [-0.05, 0) is 49.6 Å². The zero-order valence-electron chi connectivity index (χ0n) is 13.4. The summed E-state index contributed by atoms with van der Waals surface area (Å²) in [6.07, 6.45) is 0. The fraction of sp³-hybridized carbons (Fsp3) is 0.278. The van der Waals surface area contributed by atoms with Crippen LogP contribution in [0.3, 0.4) is 0 Å². The predicted molar refractivity (Wildman–Crippen MR) is 89.5 cm³/mol. The van der Waals surface area contributed by atoms with Crippen LogP contribution in [-0.4, -0.2) is 13.1 Å². The summed E-state index contributed by atoms with van der Waals surface area (Å²) in [6.45, 7) is 6.11. The Hall–Kier alpha value is -2.49. The lowest BCUT2D eigenvalue weighted by Crippen LogP contribution is -2.31. The van der Waals surface area contributed by atoms with Crippen LogP contribution in [0.1, 0.15) is 29.7 Å². The van der Waals surface area contributed by atoms with Gasteiger partial charge in [-0.2, -0.15) is 0 Å². The van der Waals surface area contributed by atoms with Crippen molar-refractivity contribution in [3.8, 4) is 5.75 Å². The molecule has 2 amide bonds. The standard InChI is InChI=1S/C18H22N2O2/c1-12-8-9-15(10-13(12)2)14(3)19-18(21)20-16-6-5-7-17(11-16)22-4/h5-11,14H,1-4H3,(H2,19,20,21)/t14-/m0/s1. The molecule has 2 N–H and O–H groups in total. The van der Waals surface area contributed by atoms with E-state index in [0.29, 0.717) is 11.4 Å². The van der Waals surface area contributed by atoms with Gasteiger partial charge < -0.3 is 15.4 Å². The maximum atomic E-state index is 12.1. The lowest BCUT2D eigenvalue weighted by Gasteiger charge is -2.16. The second-order valence-electron chi connectivity index (χ2n) is 5.40. The first-order valence-electron chi connectivity index (χ1n) is 7.28. The van der Waals surface area contributed by atoms with Gasteiger partial charge >= 0.3 is 6.03 Å². The molecule has 4 heteroatoms. The van der Waals surface area contributed by atoms with E-state index in [0.717, 1.165) is 5.56 Å². The van der Waals surface area contributed by atoms with Gasteiger partial charge in [0.15, 0.2) is 0 Å². The van der Waals surface area contributed by atoms with Crippen molar-refractivity contribution < 1.29 is 9.53 Å². The average Bonchev–Trinajstić information content (AvgIpc) is 2.50. The smallest absolute Gasteiger partial charge is 0.319 e. The molecule has 0 bridgehead atoms. The Morgan fingerprint density at radius 2 is 1.86 bits per heavy atom. The third-order valence-corrected chi connectivity index (χ3v) is 3.71. The summed E-state index contributed by atoms with van der Waals surface area (Å²) in [4.78, 5) is 12.1. The number of urea groups is 1. The minimum Gasteiger partial charge on any atom is -0.497 e. The summed E-state index contributed by atoms with van der Waals surface area (Å²) in [5.41, 5.74) is 4.25. The number of aryl methyl sites for hydroxylation is 2. The molecule has 2 aromatic carbocycles. The number of methoxy groups -OCH3 is 1. The number of ether oxygens (including phenoxy) is 1. The molecule has 0 saturated carbocycles. The van der Waals surface area contributed by atoms with E-state index in [1.54, 1.807) is 13.2 Å². The number of carbonyl (C=O) groups is 1. The van der Waals surface area contributed by atoms with E-state index in [1.807, 2.05) is 31.2 Å². The highest BCUT2D eigenvalue weighted by Crippen LogP contribution is 2.18. The lowest BCUT2D eigenvalue weighted by molar-refractivity contribution is 0.249. The van der Waals surface area contributed by atoms with E-state index in [9.17, 15) is 4.79 Å². The van der Waals surface area contributed by atoms with E-state index in [-0.39, 0.29) is 12.1 Å². The first kappa shape index (κ1) is 15.9. The van der Waals surface area contributed by atoms with Gasteiger partial charge in [0.1, 0.15) is 5.75 Å². The van der Waals surface area contributed by atoms with Crippen LogP contribution in [-0.2, 0) is 0 Å². The van der Waals surface area contributed by atoms with Gasteiger partial charge in [0, 0.05) is 11.8 Å². The molecule has 4 nitrogen and oxygen atoms in total. The van der Waals surface area contributed by atoms with Crippen LogP contribution < -0.4 is 15.4 Å². The van der Waals surface area contributed by atoms with Crippen molar-refractivity contribution in [2.24, 2.45) is 0 Å². The summed E-state index contributed by atoms with van der Waals surface area (Å²) in [6, 6.07) is 13.2. The molecule has 0 unspecified atom stereocenters. The number of rotatable bonds is 4. The molecule has 2 rings (SSSR count). The van der Waals surface area contributed by atoms with Crippen LogP contribution in [0.25, 0.3) is 0 Å². The first-order chi connectivity index (χ1) is 10.5. The molecule has 2 aromatic rings. The highest BCUT2D eigenvalue weighted by atomic mass is 16.5. The Kier molecular flexibility index (Phi) is 5.04. The highest BCUT2D eigenvalue weighted by molar-refractivity contribution is 5.89. The van der Waals surface area contributed by atoms with Gasteiger partial charge in [0.25, 0.3) is 0 Å². The van der Waals surface area contributed by atoms with Crippen LogP contribution in [0.4, 0.5) is 10.5 Å². The van der Waals surface area contributed by atoms with Gasteiger partial charge in [0.2, 0.25) is 0 Å². The maximum absolute atomic E-state index is 12.1. The summed E-state index contributed by atoms with van der Waals surface area (Å²) in [5, 5.41) is 5.75. The monoisotopic (exact) mass is 298 g/mol. The van der Waals surface area contributed by atoms with Crippen molar-refractivity contribution in [3.05, 3.63) is 59.2 Å². The van der Waals surface area contributed by atoms with Crippen LogP contribution in [0.2, 0.25) is 0 Å². The summed E-state index contributed by atoms with van der Waals surface area (Å²) in [7, 11) is 1.60. The Labute approximate surface area is 131 Å². The average molecular weight is 298 g/mol. The van der Waals surface area contributed by atoms with Crippen molar-refractivity contribution in [2.75, 3.05) is 12.4 Å². The van der Waals surface area contributed by atoms with Gasteiger partial charge in [-0.15, -0.1) is 0 Å². The van der Waals surface area contributed by atoms with Crippen LogP contribution >= 0.6 is 0 Å². The molecule has 0 radical (unpaired) electrons. The fourth-order valence-electron chi connectivity index (χ4n) is 2.18. The number of anilines is 1. The number of hydrogen-bond acceptors (Lipinski definition) is 2. The number of nitrogens with one attached hydrogen (secondary N) is 2.